The molecule has 0 aliphatic rings. The van der Waals surface area contributed by atoms with Crippen LogP contribution in [0.1, 0.15) is 21.6 Å². The number of halogens is 4. The van der Waals surface area contributed by atoms with E-state index in [1.54, 1.807) is 0 Å². The topological polar surface area (TPSA) is 115 Å². The molecule has 0 fully saturated rings. The van der Waals surface area contributed by atoms with E-state index in [4.69, 9.17) is 5.73 Å². The first-order valence-electron chi connectivity index (χ1n) is 10.9. The molecule has 4 aromatic rings. The Labute approximate surface area is 207 Å². The van der Waals surface area contributed by atoms with Crippen LogP contribution in [0.4, 0.5) is 17.6 Å². The zero-order chi connectivity index (χ0) is 27.0. The number of benzene rings is 2. The molecule has 2 aromatic carbocycles. The van der Waals surface area contributed by atoms with Crippen LogP contribution in [0, 0.1) is 5.82 Å². The highest BCUT2D eigenvalue weighted by atomic mass is 19.4. The number of rotatable bonds is 8. The van der Waals surface area contributed by atoms with Crippen LogP contribution < -0.4 is 11.1 Å². The summed E-state index contributed by atoms with van der Waals surface area (Å²) in [4.78, 5) is 23.5. The van der Waals surface area contributed by atoms with Gasteiger partial charge in [0.2, 0.25) is 11.5 Å². The summed E-state index contributed by atoms with van der Waals surface area (Å²) < 4.78 is 59.3. The third-order valence-corrected chi connectivity index (χ3v) is 5.76. The molecule has 0 spiro atoms. The average Bonchev–Trinajstić information content (AvgIpc) is 3.46. The normalized spacial score (nSPS) is 13.3. The van der Waals surface area contributed by atoms with Gasteiger partial charge in [-0.15, -0.1) is 6.58 Å². The maximum atomic E-state index is 14.5. The van der Waals surface area contributed by atoms with Crippen LogP contribution >= 0.6 is 0 Å². The molecule has 12 heteroatoms. The van der Waals surface area contributed by atoms with Gasteiger partial charge >= 0.3 is 6.18 Å². The Balaban J connectivity index is 1.82. The van der Waals surface area contributed by atoms with Crippen molar-refractivity contribution in [1.29, 1.82) is 0 Å². The van der Waals surface area contributed by atoms with Crippen LogP contribution in [0.2, 0.25) is 0 Å². The Kier molecular flexibility index (Phi) is 6.61. The minimum absolute atomic E-state index is 0.0449. The first kappa shape index (κ1) is 25.6. The van der Waals surface area contributed by atoms with Crippen molar-refractivity contribution < 1.29 is 32.3 Å². The lowest BCUT2D eigenvalue weighted by Gasteiger charge is -2.30. The number of hydrogen-bond acceptors (Lipinski definition) is 4. The van der Waals surface area contributed by atoms with Crippen LogP contribution in [0.25, 0.3) is 16.6 Å². The number of carbonyl (C=O) groups excluding carboxylic acids is 2. The number of aliphatic hydroxyl groups is 1. The van der Waals surface area contributed by atoms with Crippen molar-refractivity contribution >= 4 is 22.7 Å². The van der Waals surface area contributed by atoms with Crippen LogP contribution in [0.15, 0.2) is 73.6 Å². The molecule has 2 amide bonds. The highest BCUT2D eigenvalue weighted by Crippen LogP contribution is 2.45. The Morgan fingerprint density at radius 1 is 1.11 bits per heavy atom. The van der Waals surface area contributed by atoms with E-state index in [-0.39, 0.29) is 17.6 Å². The third kappa shape index (κ3) is 4.70. The lowest BCUT2D eigenvalue weighted by atomic mass is 9.86. The molecule has 0 saturated carbocycles. The molecule has 2 aromatic heterocycles. The van der Waals surface area contributed by atoms with Gasteiger partial charge in [0.1, 0.15) is 11.5 Å². The molecule has 1 unspecified atom stereocenters. The van der Waals surface area contributed by atoms with Gasteiger partial charge in [0.25, 0.3) is 5.91 Å². The van der Waals surface area contributed by atoms with Crippen molar-refractivity contribution in [2.75, 3.05) is 6.54 Å². The number of primary amides is 1. The lowest BCUT2D eigenvalue weighted by Crippen LogP contribution is -2.43. The summed E-state index contributed by atoms with van der Waals surface area (Å²) in [6, 6.07) is 9.90. The fraction of sp³-hybridized carbons (Fsp3) is 0.160. The van der Waals surface area contributed by atoms with Crippen LogP contribution in [-0.2, 0) is 16.9 Å². The monoisotopic (exact) mass is 515 g/mol. The van der Waals surface area contributed by atoms with E-state index in [9.17, 15) is 32.3 Å². The Bertz CT molecular complexity index is 1490. The quantitative estimate of drug-likeness (QED) is 0.247. The summed E-state index contributed by atoms with van der Waals surface area (Å²) >= 11 is 0. The maximum absolute atomic E-state index is 14.5. The first-order valence-corrected chi connectivity index (χ1v) is 10.9. The van der Waals surface area contributed by atoms with Gasteiger partial charge in [-0.05, 0) is 48.0 Å². The molecule has 4 N–H and O–H groups in total. The van der Waals surface area contributed by atoms with E-state index >= 15 is 0 Å². The molecule has 0 saturated heterocycles. The summed E-state index contributed by atoms with van der Waals surface area (Å²) in [5.41, 5.74) is 1.09. The molecule has 0 bridgehead atoms. The molecular formula is C25H21F4N5O3. The van der Waals surface area contributed by atoms with Crippen molar-refractivity contribution in [3.8, 4) is 5.69 Å². The Morgan fingerprint density at radius 2 is 1.81 bits per heavy atom. The average molecular weight is 515 g/mol. The Morgan fingerprint density at radius 3 is 2.43 bits per heavy atom. The summed E-state index contributed by atoms with van der Waals surface area (Å²) in [6.45, 7) is 2.97. The van der Waals surface area contributed by atoms with E-state index in [1.807, 2.05) is 0 Å². The summed E-state index contributed by atoms with van der Waals surface area (Å²) in [5.74, 6) is -2.15. The fourth-order valence-corrected chi connectivity index (χ4v) is 3.99. The zero-order valence-corrected chi connectivity index (χ0v) is 19.2. The molecule has 37 heavy (non-hydrogen) atoms. The number of nitrogens with zero attached hydrogens (tertiary/aromatic N) is 3. The number of alkyl halides is 3. The molecule has 0 radical (unpaired) electrons. The minimum atomic E-state index is -5.19. The summed E-state index contributed by atoms with van der Waals surface area (Å²) in [6.07, 6.45) is -1.50. The highest BCUT2D eigenvalue weighted by molar-refractivity contribution is 5.95. The SMILES string of the molecule is C=CCn1cc(C(O)(c2ccc3c(cnn3-c3ccc(F)cc3)c2)C(F)(F)F)cc1C(=O)NCC(N)=O. The smallest absolute Gasteiger partial charge is 0.372 e. The predicted molar refractivity (Wildman–Crippen MR) is 126 cm³/mol. The number of allylic oxidation sites excluding steroid dienone is 1. The largest absolute Gasteiger partial charge is 0.425 e. The number of nitrogens with one attached hydrogen (secondary N) is 1. The molecule has 2 heterocycles. The van der Waals surface area contributed by atoms with Crippen LogP contribution in [-0.4, -0.2) is 44.0 Å². The van der Waals surface area contributed by atoms with Crippen LogP contribution in [0.3, 0.4) is 0 Å². The fourth-order valence-electron chi connectivity index (χ4n) is 3.99. The summed E-state index contributed by atoms with van der Waals surface area (Å²) in [7, 11) is 0. The van der Waals surface area contributed by atoms with Gasteiger partial charge in [-0.1, -0.05) is 12.1 Å². The molecule has 1 atom stereocenters. The van der Waals surface area contributed by atoms with Gasteiger partial charge in [0.05, 0.1) is 23.9 Å². The molecule has 0 aliphatic heterocycles. The molecule has 4 rings (SSSR count). The highest BCUT2D eigenvalue weighted by Gasteiger charge is 2.57. The third-order valence-electron chi connectivity index (χ3n) is 5.76. The van der Waals surface area contributed by atoms with Gasteiger partial charge in [-0.25, -0.2) is 9.07 Å². The minimum Gasteiger partial charge on any atom is -0.372 e. The number of carbonyl (C=O) groups is 2. The maximum Gasteiger partial charge on any atom is 0.425 e. The van der Waals surface area contributed by atoms with Gasteiger partial charge in [0.15, 0.2) is 0 Å². The zero-order valence-electron chi connectivity index (χ0n) is 19.2. The van der Waals surface area contributed by atoms with Crippen molar-refractivity contribution in [2.45, 2.75) is 18.3 Å². The van der Waals surface area contributed by atoms with Gasteiger partial charge < -0.3 is 20.7 Å². The molecule has 8 nitrogen and oxygen atoms in total. The van der Waals surface area contributed by atoms with E-state index in [2.05, 4.69) is 17.0 Å². The van der Waals surface area contributed by atoms with E-state index in [1.165, 1.54) is 51.9 Å². The Hall–Kier alpha value is -4.45. The molecule has 0 aliphatic carbocycles. The van der Waals surface area contributed by atoms with Crippen molar-refractivity contribution in [2.24, 2.45) is 5.73 Å². The number of aromatic nitrogens is 3. The van der Waals surface area contributed by atoms with E-state index in [0.717, 1.165) is 24.4 Å². The number of nitrogens with two attached hydrogens (primary N) is 1. The molecular weight excluding hydrogens is 494 g/mol. The van der Waals surface area contributed by atoms with Gasteiger partial charge in [0, 0.05) is 23.7 Å². The first-order chi connectivity index (χ1) is 17.5. The van der Waals surface area contributed by atoms with E-state index in [0.29, 0.717) is 11.2 Å². The van der Waals surface area contributed by atoms with Crippen molar-refractivity contribution in [3.05, 3.63) is 96.2 Å². The van der Waals surface area contributed by atoms with Crippen molar-refractivity contribution in [3.63, 3.8) is 0 Å². The number of amides is 2. The second-order valence-corrected chi connectivity index (χ2v) is 8.22. The molecule has 192 valence electrons. The van der Waals surface area contributed by atoms with Crippen molar-refractivity contribution in [1.82, 2.24) is 19.7 Å². The second-order valence-electron chi connectivity index (χ2n) is 8.22. The van der Waals surface area contributed by atoms with E-state index < -0.39 is 47.1 Å². The summed E-state index contributed by atoms with van der Waals surface area (Å²) in [5, 5.41) is 17.9. The van der Waals surface area contributed by atoms with Gasteiger partial charge in [-0.3, -0.25) is 9.59 Å². The second kappa shape index (κ2) is 9.54. The number of hydrogen-bond donors (Lipinski definition) is 3. The lowest BCUT2D eigenvalue weighted by molar-refractivity contribution is -0.248. The standard InChI is InChI=1S/C25H21F4N5O3/c1-2-9-33-14-17(11-21(33)23(36)31-13-22(30)35)24(37,25(27,28)29)16-3-8-20-15(10-16)12-32-34(20)19-6-4-18(26)5-7-19/h2-8,10-12,14,37H,1,9,13H2,(H2,30,35)(H,31,36). The van der Waals surface area contributed by atoms with Crippen LogP contribution in [0.5, 0.6) is 0 Å². The number of fused-ring (bicyclic) bond motifs is 1. The predicted octanol–water partition coefficient (Wildman–Crippen LogP) is 3.17. The van der Waals surface area contributed by atoms with Gasteiger partial charge in [-0.2, -0.15) is 18.3 Å².